The van der Waals surface area contributed by atoms with Crippen LogP contribution in [0, 0.1) is 5.41 Å². The number of anilines is 2. The van der Waals surface area contributed by atoms with Crippen LogP contribution in [-0.4, -0.2) is 115 Å². The van der Waals surface area contributed by atoms with Crippen LogP contribution in [0.15, 0.2) is 111 Å². The average Bonchev–Trinajstić information content (AvgIpc) is 3.27. The summed E-state index contributed by atoms with van der Waals surface area (Å²) in [6.07, 6.45) is 6.97. The van der Waals surface area contributed by atoms with Crippen LogP contribution in [0.3, 0.4) is 0 Å². The smallest absolute Gasteiger partial charge is 0.380 e. The van der Waals surface area contributed by atoms with E-state index in [0.29, 0.717) is 56.5 Å². The molecule has 64 heavy (non-hydrogen) atoms. The summed E-state index contributed by atoms with van der Waals surface area (Å²) in [4.78, 5) is 19.0. The number of piperazine rings is 1. The Hall–Kier alpha value is -3.87. The third-order valence-electron chi connectivity index (χ3n) is 12.4. The van der Waals surface area contributed by atoms with E-state index in [4.69, 9.17) is 4.74 Å². The Morgan fingerprint density at radius 1 is 0.906 bits per heavy atom. The van der Waals surface area contributed by atoms with Crippen LogP contribution in [0.2, 0.25) is 0 Å². The zero-order chi connectivity index (χ0) is 46.1. The van der Waals surface area contributed by atoms with Crippen molar-refractivity contribution in [3.63, 3.8) is 0 Å². The number of nitrogens with one attached hydrogen (secondary N) is 2. The van der Waals surface area contributed by atoms with Gasteiger partial charge in [0.1, 0.15) is 4.90 Å². The lowest BCUT2D eigenvalue weighted by molar-refractivity contribution is -0.0435. The molecule has 11 nitrogen and oxygen atoms in total. The molecule has 3 aliphatic rings. The van der Waals surface area contributed by atoms with Gasteiger partial charge in [-0.3, -0.25) is 14.6 Å². The summed E-state index contributed by atoms with van der Waals surface area (Å²) in [5.41, 5.74) is -0.511. The highest BCUT2D eigenvalue weighted by atomic mass is 32.2. The number of hydrogen-bond acceptors (Lipinski definition) is 11. The van der Waals surface area contributed by atoms with E-state index in [9.17, 15) is 34.8 Å². The van der Waals surface area contributed by atoms with Crippen LogP contribution in [0.25, 0.3) is 0 Å². The van der Waals surface area contributed by atoms with E-state index in [0.717, 1.165) is 87.5 Å². The standard InChI is InChI=1S/C47H62F3N5O6S3/c1-5-35(2)11-12-37-32-46(3,4)21-19-38(37)33-54-23-25-55(26-24-54)40-15-13-36(14-16-40)45(56)52-64(59,60)42-17-18-43(44(31-42)63(57,58)47(48,49)50)51-39(20-22-53-27-29-61-30-28-53)34-62-41-9-7-6-8-10-41/h6-10,13-18,31,39,51H,2,5,11-12,19-30,32-34H2,1,3-4H3,(H,52,56)/t39-/m1/s1. The molecular formula is C47H62F3N5O6S3. The molecule has 1 aliphatic carbocycles. The maximum atomic E-state index is 14.2. The van der Waals surface area contributed by atoms with Gasteiger partial charge < -0.3 is 15.0 Å². The van der Waals surface area contributed by atoms with Gasteiger partial charge in [-0.25, -0.2) is 21.6 Å². The Balaban J connectivity index is 1.12. The van der Waals surface area contributed by atoms with Crippen molar-refractivity contribution in [3.05, 3.63) is 102 Å². The van der Waals surface area contributed by atoms with E-state index < -0.39 is 52.8 Å². The van der Waals surface area contributed by atoms with Crippen molar-refractivity contribution in [1.82, 2.24) is 14.5 Å². The van der Waals surface area contributed by atoms with Crippen molar-refractivity contribution >= 4 is 48.9 Å². The maximum absolute atomic E-state index is 14.2. The fourth-order valence-electron chi connectivity index (χ4n) is 8.35. The second-order valence-corrected chi connectivity index (χ2v) is 22.4. The lowest BCUT2D eigenvalue weighted by Crippen LogP contribution is -2.47. The number of rotatable bonds is 19. The second kappa shape index (κ2) is 21.6. The van der Waals surface area contributed by atoms with Crippen molar-refractivity contribution in [3.8, 4) is 0 Å². The van der Waals surface area contributed by atoms with Crippen LogP contribution in [0.4, 0.5) is 24.5 Å². The van der Waals surface area contributed by atoms with Gasteiger partial charge in [0.2, 0.25) is 0 Å². The average molecular weight is 946 g/mol. The van der Waals surface area contributed by atoms with Crippen LogP contribution in [0.5, 0.6) is 0 Å². The summed E-state index contributed by atoms with van der Waals surface area (Å²) in [5.74, 6) is -0.637. The molecule has 350 valence electrons. The molecule has 0 radical (unpaired) electrons. The van der Waals surface area contributed by atoms with E-state index in [-0.39, 0.29) is 5.56 Å². The number of sulfone groups is 1. The van der Waals surface area contributed by atoms with E-state index in [1.807, 2.05) is 35.1 Å². The number of hydrogen-bond donors (Lipinski definition) is 2. The van der Waals surface area contributed by atoms with Gasteiger partial charge in [-0.1, -0.05) is 62.3 Å². The topological polar surface area (TPSA) is 128 Å². The summed E-state index contributed by atoms with van der Waals surface area (Å²) < 4.78 is 103. The summed E-state index contributed by atoms with van der Waals surface area (Å²) in [5, 5.41) is 3.00. The molecule has 0 unspecified atom stereocenters. The number of allylic oxidation sites excluding steroid dienone is 2. The quantitative estimate of drug-likeness (QED) is 0.0885. The number of benzene rings is 3. The Kier molecular flexibility index (Phi) is 16.7. The largest absolute Gasteiger partial charge is 0.501 e. The molecule has 6 rings (SSSR count). The van der Waals surface area contributed by atoms with Gasteiger partial charge in [0.05, 0.1) is 23.8 Å². The van der Waals surface area contributed by atoms with Crippen LogP contribution < -0.4 is 14.9 Å². The second-order valence-electron chi connectivity index (χ2n) is 17.7. The fraction of sp³-hybridized carbons (Fsp3) is 0.511. The van der Waals surface area contributed by atoms with Gasteiger partial charge in [-0.15, -0.1) is 11.8 Å². The highest BCUT2D eigenvalue weighted by molar-refractivity contribution is 7.99. The molecule has 0 bridgehead atoms. The minimum atomic E-state index is -6.04. The van der Waals surface area contributed by atoms with Crippen molar-refractivity contribution in [1.29, 1.82) is 0 Å². The number of halogens is 3. The third kappa shape index (κ3) is 13.4. The number of morpholine rings is 1. The third-order valence-corrected chi connectivity index (χ3v) is 16.4. The Morgan fingerprint density at radius 3 is 2.25 bits per heavy atom. The summed E-state index contributed by atoms with van der Waals surface area (Å²) >= 11 is 1.45. The number of ether oxygens (including phenoxy) is 1. The highest BCUT2D eigenvalue weighted by Crippen LogP contribution is 2.41. The molecule has 2 saturated heterocycles. The molecule has 2 N–H and O–H groups in total. The normalized spacial score (nSPS) is 18.4. The van der Waals surface area contributed by atoms with Gasteiger partial charge >= 0.3 is 5.51 Å². The van der Waals surface area contributed by atoms with E-state index in [1.54, 1.807) is 23.3 Å². The molecule has 3 aromatic carbocycles. The SMILES string of the molecule is C=C(CC)CCC1=C(CN2CCN(c3ccc(C(=O)NS(=O)(=O)c4ccc(N[C@H](CCN5CCOCC5)CSc5ccccc5)c(S(=O)(=O)C(F)(F)F)c4)cc3)CC2)CCC(C)(C)C1. The first kappa shape index (κ1) is 49.6. The van der Waals surface area contributed by atoms with E-state index >= 15 is 0 Å². The minimum absolute atomic E-state index is 0.0110. The molecule has 0 saturated carbocycles. The number of sulfonamides is 1. The minimum Gasteiger partial charge on any atom is -0.380 e. The van der Waals surface area contributed by atoms with Crippen molar-refractivity contribution < 1.29 is 39.5 Å². The van der Waals surface area contributed by atoms with E-state index in [1.165, 1.54) is 35.9 Å². The van der Waals surface area contributed by atoms with Crippen LogP contribution >= 0.6 is 11.8 Å². The van der Waals surface area contributed by atoms with Gasteiger partial charge in [0, 0.05) is 80.3 Å². The fourth-order valence-corrected chi connectivity index (χ4v) is 11.4. The lowest BCUT2D eigenvalue weighted by atomic mass is 9.73. The molecular weight excluding hydrogens is 884 g/mol. The molecule has 3 aromatic rings. The number of alkyl halides is 3. The predicted octanol–water partition coefficient (Wildman–Crippen LogP) is 8.77. The Bertz CT molecular complexity index is 2330. The molecule has 1 atom stereocenters. The summed E-state index contributed by atoms with van der Waals surface area (Å²) in [6.45, 7) is 18.4. The first-order chi connectivity index (χ1) is 30.3. The Labute approximate surface area is 381 Å². The molecule has 2 aliphatic heterocycles. The molecule has 2 fully saturated rings. The zero-order valence-corrected chi connectivity index (χ0v) is 39.5. The number of nitrogens with zero attached hydrogens (tertiary/aromatic N) is 3. The molecule has 0 aromatic heterocycles. The predicted molar refractivity (Wildman–Crippen MR) is 249 cm³/mol. The number of carbonyl (C=O) groups excluding carboxylic acids is 1. The van der Waals surface area contributed by atoms with Gasteiger partial charge in [0.15, 0.2) is 0 Å². The summed E-state index contributed by atoms with van der Waals surface area (Å²) in [6, 6.07) is 17.8. The Morgan fingerprint density at radius 2 is 1.59 bits per heavy atom. The molecule has 1 amide bonds. The first-order valence-electron chi connectivity index (χ1n) is 22.0. The molecule has 0 spiro atoms. The van der Waals surface area contributed by atoms with Crippen LogP contribution in [-0.2, 0) is 24.6 Å². The van der Waals surface area contributed by atoms with E-state index in [2.05, 4.69) is 47.4 Å². The number of amides is 1. The highest BCUT2D eigenvalue weighted by Gasteiger charge is 2.48. The number of carbonyl (C=O) groups is 1. The zero-order valence-electron chi connectivity index (χ0n) is 37.1. The van der Waals surface area contributed by atoms with Gasteiger partial charge in [0.25, 0.3) is 25.8 Å². The van der Waals surface area contributed by atoms with Gasteiger partial charge in [-0.05, 0) is 105 Å². The monoisotopic (exact) mass is 945 g/mol. The van der Waals surface area contributed by atoms with Crippen molar-refractivity contribution in [2.45, 2.75) is 92.0 Å². The van der Waals surface area contributed by atoms with Crippen LogP contribution in [0.1, 0.15) is 76.1 Å². The van der Waals surface area contributed by atoms with Crippen molar-refractivity contribution in [2.75, 3.05) is 81.5 Å². The lowest BCUT2D eigenvalue weighted by Gasteiger charge is -2.39. The number of thioether (sulfide) groups is 1. The molecule has 17 heteroatoms. The van der Waals surface area contributed by atoms with Crippen molar-refractivity contribution in [2.24, 2.45) is 5.41 Å². The van der Waals surface area contributed by atoms with Gasteiger partial charge in [-0.2, -0.15) is 13.2 Å². The summed E-state index contributed by atoms with van der Waals surface area (Å²) in [7, 11) is -10.9. The maximum Gasteiger partial charge on any atom is 0.501 e. The first-order valence-corrected chi connectivity index (χ1v) is 26.0. The molecule has 2 heterocycles.